The highest BCUT2D eigenvalue weighted by Crippen LogP contribution is 2.21. The second-order valence-electron chi connectivity index (χ2n) is 4.38. The summed E-state index contributed by atoms with van der Waals surface area (Å²) in [6, 6.07) is 1.05. The summed E-state index contributed by atoms with van der Waals surface area (Å²) in [7, 11) is 0. The molecule has 2 atom stereocenters. The van der Waals surface area contributed by atoms with Crippen molar-refractivity contribution in [1.82, 2.24) is 5.32 Å². The van der Waals surface area contributed by atoms with E-state index in [-0.39, 0.29) is 0 Å². The molecule has 2 aliphatic rings. The first kappa shape index (κ1) is 9.44. The maximum absolute atomic E-state index is 5.83. The third-order valence-corrected chi connectivity index (χ3v) is 2.67. The SMILES string of the molecule is CC(C)OC1CC2COCC(C1)N2. The first-order valence-electron chi connectivity index (χ1n) is 5.23. The fraction of sp³-hybridized carbons (Fsp3) is 1.00. The van der Waals surface area contributed by atoms with Gasteiger partial charge < -0.3 is 14.8 Å². The predicted molar refractivity (Wildman–Crippen MR) is 50.8 cm³/mol. The molecule has 0 aliphatic carbocycles. The van der Waals surface area contributed by atoms with Gasteiger partial charge in [-0.05, 0) is 26.7 Å². The second-order valence-corrected chi connectivity index (χ2v) is 4.38. The largest absolute Gasteiger partial charge is 0.378 e. The molecular formula is C10H19NO2. The number of ether oxygens (including phenoxy) is 2. The number of nitrogens with one attached hydrogen (secondary N) is 1. The van der Waals surface area contributed by atoms with E-state index in [1.807, 2.05) is 0 Å². The summed E-state index contributed by atoms with van der Waals surface area (Å²) in [5.41, 5.74) is 0. The molecule has 0 aromatic rings. The fourth-order valence-corrected chi connectivity index (χ4v) is 2.28. The van der Waals surface area contributed by atoms with Crippen LogP contribution in [0, 0.1) is 0 Å². The van der Waals surface area contributed by atoms with E-state index < -0.39 is 0 Å². The van der Waals surface area contributed by atoms with Crippen LogP contribution in [0.3, 0.4) is 0 Å². The molecule has 2 bridgehead atoms. The lowest BCUT2D eigenvalue weighted by molar-refractivity contribution is -0.0674. The van der Waals surface area contributed by atoms with Gasteiger partial charge in [0.1, 0.15) is 0 Å². The van der Waals surface area contributed by atoms with Crippen LogP contribution in [0.2, 0.25) is 0 Å². The van der Waals surface area contributed by atoms with E-state index in [0.29, 0.717) is 24.3 Å². The van der Waals surface area contributed by atoms with E-state index in [0.717, 1.165) is 26.1 Å². The Morgan fingerprint density at radius 3 is 2.38 bits per heavy atom. The molecule has 3 heteroatoms. The summed E-state index contributed by atoms with van der Waals surface area (Å²) >= 11 is 0. The van der Waals surface area contributed by atoms with Gasteiger partial charge in [-0.25, -0.2) is 0 Å². The van der Waals surface area contributed by atoms with Gasteiger partial charge in [0.2, 0.25) is 0 Å². The highest BCUT2D eigenvalue weighted by molar-refractivity contribution is 4.89. The lowest BCUT2D eigenvalue weighted by atomic mass is 9.94. The first-order chi connectivity index (χ1) is 6.24. The van der Waals surface area contributed by atoms with Gasteiger partial charge in [-0.1, -0.05) is 0 Å². The minimum atomic E-state index is 0.352. The monoisotopic (exact) mass is 185 g/mol. The molecule has 2 rings (SSSR count). The van der Waals surface area contributed by atoms with Crippen molar-refractivity contribution in [2.45, 2.75) is 51.0 Å². The topological polar surface area (TPSA) is 30.5 Å². The van der Waals surface area contributed by atoms with Crippen LogP contribution in [-0.4, -0.2) is 37.5 Å². The van der Waals surface area contributed by atoms with Gasteiger partial charge in [0.15, 0.2) is 0 Å². The molecule has 1 N–H and O–H groups in total. The molecule has 0 amide bonds. The zero-order valence-electron chi connectivity index (χ0n) is 8.45. The fourth-order valence-electron chi connectivity index (χ4n) is 2.28. The number of rotatable bonds is 2. The maximum atomic E-state index is 5.83. The summed E-state index contributed by atoms with van der Waals surface area (Å²) in [4.78, 5) is 0. The highest BCUT2D eigenvalue weighted by atomic mass is 16.5. The van der Waals surface area contributed by atoms with Crippen LogP contribution in [0.1, 0.15) is 26.7 Å². The van der Waals surface area contributed by atoms with Gasteiger partial charge in [0.05, 0.1) is 25.4 Å². The molecule has 2 unspecified atom stereocenters. The quantitative estimate of drug-likeness (QED) is 0.694. The minimum absolute atomic E-state index is 0.352. The number of fused-ring (bicyclic) bond motifs is 2. The summed E-state index contributed by atoms with van der Waals surface area (Å²) in [5, 5.41) is 3.55. The standard InChI is InChI=1S/C10H19NO2/c1-7(2)13-10-3-8-5-12-6-9(4-10)11-8/h7-11H,3-6H2,1-2H3. The summed E-state index contributed by atoms with van der Waals surface area (Å²) in [5.74, 6) is 0. The van der Waals surface area contributed by atoms with Crippen molar-refractivity contribution in [1.29, 1.82) is 0 Å². The first-order valence-corrected chi connectivity index (χ1v) is 5.23. The molecule has 13 heavy (non-hydrogen) atoms. The molecule has 3 nitrogen and oxygen atoms in total. The Morgan fingerprint density at radius 1 is 1.23 bits per heavy atom. The molecule has 0 aromatic heterocycles. The van der Waals surface area contributed by atoms with Crippen molar-refractivity contribution in [3.63, 3.8) is 0 Å². The molecule has 2 heterocycles. The Bertz CT molecular complexity index is 160. The van der Waals surface area contributed by atoms with Crippen LogP contribution in [-0.2, 0) is 9.47 Å². The van der Waals surface area contributed by atoms with Gasteiger partial charge in [0.25, 0.3) is 0 Å². The molecule has 76 valence electrons. The van der Waals surface area contributed by atoms with Crippen LogP contribution in [0.4, 0.5) is 0 Å². The van der Waals surface area contributed by atoms with Gasteiger partial charge in [0, 0.05) is 12.1 Å². The van der Waals surface area contributed by atoms with Crippen LogP contribution >= 0.6 is 0 Å². The predicted octanol–water partition coefficient (Wildman–Crippen LogP) is 0.931. The van der Waals surface area contributed by atoms with Crippen LogP contribution < -0.4 is 5.32 Å². The van der Waals surface area contributed by atoms with Crippen molar-refractivity contribution in [2.24, 2.45) is 0 Å². The number of hydrogen-bond acceptors (Lipinski definition) is 3. The summed E-state index contributed by atoms with van der Waals surface area (Å²) in [6.45, 7) is 5.92. The van der Waals surface area contributed by atoms with E-state index in [9.17, 15) is 0 Å². The third kappa shape index (κ3) is 2.42. The Kier molecular flexibility index (Phi) is 2.86. The van der Waals surface area contributed by atoms with Gasteiger partial charge in [-0.2, -0.15) is 0 Å². The van der Waals surface area contributed by atoms with Crippen LogP contribution in [0.25, 0.3) is 0 Å². The van der Waals surface area contributed by atoms with Crippen molar-refractivity contribution < 1.29 is 9.47 Å². The Labute approximate surface area is 79.8 Å². The van der Waals surface area contributed by atoms with Crippen molar-refractivity contribution >= 4 is 0 Å². The maximum Gasteiger partial charge on any atom is 0.0621 e. The molecule has 0 spiro atoms. The molecule has 0 saturated carbocycles. The van der Waals surface area contributed by atoms with E-state index in [4.69, 9.17) is 9.47 Å². The van der Waals surface area contributed by atoms with E-state index >= 15 is 0 Å². The Morgan fingerprint density at radius 2 is 1.85 bits per heavy atom. The zero-order valence-corrected chi connectivity index (χ0v) is 8.45. The zero-order chi connectivity index (χ0) is 9.26. The molecule has 2 fully saturated rings. The third-order valence-electron chi connectivity index (χ3n) is 2.67. The van der Waals surface area contributed by atoms with Gasteiger partial charge in [-0.3, -0.25) is 0 Å². The van der Waals surface area contributed by atoms with Crippen molar-refractivity contribution in [3.8, 4) is 0 Å². The average molecular weight is 185 g/mol. The Balaban J connectivity index is 1.86. The van der Waals surface area contributed by atoms with Gasteiger partial charge >= 0.3 is 0 Å². The lowest BCUT2D eigenvalue weighted by Gasteiger charge is -2.40. The van der Waals surface area contributed by atoms with E-state index in [1.54, 1.807) is 0 Å². The van der Waals surface area contributed by atoms with E-state index in [2.05, 4.69) is 19.2 Å². The molecule has 2 aliphatic heterocycles. The normalized spacial score (nSPS) is 39.5. The summed E-state index contributed by atoms with van der Waals surface area (Å²) in [6.07, 6.45) is 3.01. The van der Waals surface area contributed by atoms with Crippen LogP contribution in [0.5, 0.6) is 0 Å². The van der Waals surface area contributed by atoms with Gasteiger partial charge in [-0.15, -0.1) is 0 Å². The highest BCUT2D eigenvalue weighted by Gasteiger charge is 2.32. The average Bonchev–Trinajstić information content (AvgIpc) is 2.01. The molecule has 2 saturated heterocycles. The molecule has 0 aromatic carbocycles. The number of morpholine rings is 1. The smallest absolute Gasteiger partial charge is 0.0621 e. The number of piperidine rings is 1. The van der Waals surface area contributed by atoms with Crippen LogP contribution in [0.15, 0.2) is 0 Å². The summed E-state index contributed by atoms with van der Waals surface area (Å²) < 4.78 is 11.3. The number of hydrogen-bond donors (Lipinski definition) is 1. The minimum Gasteiger partial charge on any atom is -0.378 e. The lowest BCUT2D eigenvalue weighted by Crippen LogP contribution is -2.56. The molecular weight excluding hydrogens is 166 g/mol. The molecule has 0 radical (unpaired) electrons. The Hall–Kier alpha value is -0.120. The van der Waals surface area contributed by atoms with Crippen molar-refractivity contribution in [3.05, 3.63) is 0 Å². The van der Waals surface area contributed by atoms with Crippen molar-refractivity contribution in [2.75, 3.05) is 13.2 Å². The van der Waals surface area contributed by atoms with E-state index in [1.165, 1.54) is 0 Å². The second kappa shape index (κ2) is 3.95.